The van der Waals surface area contributed by atoms with Crippen LogP contribution < -0.4 is 11.1 Å². The summed E-state index contributed by atoms with van der Waals surface area (Å²) in [5.41, 5.74) is 5.51. The van der Waals surface area contributed by atoms with Crippen molar-refractivity contribution in [1.29, 1.82) is 0 Å². The van der Waals surface area contributed by atoms with Gasteiger partial charge in [-0.1, -0.05) is 5.16 Å². The van der Waals surface area contributed by atoms with Crippen molar-refractivity contribution in [2.75, 3.05) is 17.6 Å². The zero-order valence-corrected chi connectivity index (χ0v) is 8.84. The maximum absolute atomic E-state index is 5.51. The highest BCUT2D eigenvalue weighted by atomic mass is 16.5. The monoisotopic (exact) mass is 220 g/mol. The minimum atomic E-state index is 0.438. The van der Waals surface area contributed by atoms with Gasteiger partial charge in [-0.2, -0.15) is 4.98 Å². The first-order chi connectivity index (χ1) is 7.74. The van der Waals surface area contributed by atoms with E-state index in [0.717, 1.165) is 0 Å². The first-order valence-electron chi connectivity index (χ1n) is 4.84. The summed E-state index contributed by atoms with van der Waals surface area (Å²) in [6.45, 7) is 2.42. The molecule has 2 rings (SSSR count). The molecule has 2 heterocycles. The SMILES string of the molecule is Cc1nc(CCNc2cc(N)ncn2)no1. The Kier molecular flexibility index (Phi) is 2.95. The van der Waals surface area contributed by atoms with Crippen LogP contribution in [0.4, 0.5) is 11.6 Å². The second-order valence-electron chi connectivity index (χ2n) is 3.23. The molecule has 0 aliphatic rings. The Hall–Kier alpha value is -2.18. The quantitative estimate of drug-likeness (QED) is 0.768. The van der Waals surface area contributed by atoms with Crippen LogP contribution in [0.1, 0.15) is 11.7 Å². The molecular weight excluding hydrogens is 208 g/mol. The first-order valence-corrected chi connectivity index (χ1v) is 4.84. The summed E-state index contributed by atoms with van der Waals surface area (Å²) in [5, 5.41) is 6.87. The average Bonchev–Trinajstić information content (AvgIpc) is 2.64. The number of hydrogen-bond donors (Lipinski definition) is 2. The molecule has 7 nitrogen and oxygen atoms in total. The van der Waals surface area contributed by atoms with Gasteiger partial charge in [0.15, 0.2) is 5.82 Å². The minimum absolute atomic E-state index is 0.438. The Labute approximate surface area is 92.1 Å². The third-order valence-corrected chi connectivity index (χ3v) is 1.91. The standard InChI is InChI=1S/C9H12N6O/c1-6-14-8(15-16-6)2-3-11-9-4-7(10)12-5-13-9/h4-5H,2-3H2,1H3,(H3,10,11,12,13). The third kappa shape index (κ3) is 2.66. The van der Waals surface area contributed by atoms with Crippen molar-refractivity contribution in [3.8, 4) is 0 Å². The molecule has 0 atom stereocenters. The van der Waals surface area contributed by atoms with Crippen molar-refractivity contribution in [3.05, 3.63) is 24.1 Å². The number of nitrogens with one attached hydrogen (secondary N) is 1. The Morgan fingerprint density at radius 3 is 3.00 bits per heavy atom. The second-order valence-corrected chi connectivity index (χ2v) is 3.23. The number of nitrogens with two attached hydrogens (primary N) is 1. The Morgan fingerprint density at radius 2 is 2.31 bits per heavy atom. The molecule has 2 aromatic heterocycles. The van der Waals surface area contributed by atoms with Gasteiger partial charge in [0, 0.05) is 26.0 Å². The van der Waals surface area contributed by atoms with Crippen LogP contribution in [0.3, 0.4) is 0 Å². The highest BCUT2D eigenvalue weighted by Crippen LogP contribution is 2.04. The largest absolute Gasteiger partial charge is 0.384 e. The van der Waals surface area contributed by atoms with E-state index in [-0.39, 0.29) is 0 Å². The predicted octanol–water partition coefficient (Wildman–Crippen LogP) is 0.405. The lowest BCUT2D eigenvalue weighted by Crippen LogP contribution is -2.08. The summed E-state index contributed by atoms with van der Waals surface area (Å²) in [6, 6.07) is 1.67. The van der Waals surface area contributed by atoms with Gasteiger partial charge in [0.2, 0.25) is 5.89 Å². The van der Waals surface area contributed by atoms with Crippen LogP contribution in [0.15, 0.2) is 16.9 Å². The smallest absolute Gasteiger partial charge is 0.223 e. The molecule has 0 bridgehead atoms. The molecular formula is C9H12N6O. The average molecular weight is 220 g/mol. The molecule has 0 aliphatic heterocycles. The van der Waals surface area contributed by atoms with Crippen LogP contribution in [0.25, 0.3) is 0 Å². The Bertz CT molecular complexity index is 469. The fraction of sp³-hybridized carbons (Fsp3) is 0.333. The predicted molar refractivity (Wildman–Crippen MR) is 57.7 cm³/mol. The van der Waals surface area contributed by atoms with Crippen molar-refractivity contribution in [2.45, 2.75) is 13.3 Å². The lowest BCUT2D eigenvalue weighted by atomic mass is 10.4. The van der Waals surface area contributed by atoms with Crippen LogP contribution in [-0.2, 0) is 6.42 Å². The van der Waals surface area contributed by atoms with Crippen molar-refractivity contribution >= 4 is 11.6 Å². The van der Waals surface area contributed by atoms with Crippen molar-refractivity contribution in [2.24, 2.45) is 0 Å². The van der Waals surface area contributed by atoms with Gasteiger partial charge in [0.05, 0.1) is 0 Å². The highest BCUT2D eigenvalue weighted by molar-refractivity contribution is 5.43. The van der Waals surface area contributed by atoms with E-state index in [2.05, 4.69) is 25.4 Å². The summed E-state index contributed by atoms with van der Waals surface area (Å²) >= 11 is 0. The molecule has 0 unspecified atom stereocenters. The third-order valence-electron chi connectivity index (χ3n) is 1.91. The summed E-state index contributed by atoms with van der Waals surface area (Å²) in [5.74, 6) is 2.37. The highest BCUT2D eigenvalue weighted by Gasteiger charge is 2.01. The number of hydrogen-bond acceptors (Lipinski definition) is 7. The number of rotatable bonds is 4. The van der Waals surface area contributed by atoms with Crippen LogP contribution in [0.5, 0.6) is 0 Å². The number of nitrogen functional groups attached to an aromatic ring is 1. The van der Waals surface area contributed by atoms with Crippen LogP contribution >= 0.6 is 0 Å². The van der Waals surface area contributed by atoms with E-state index in [1.807, 2.05) is 0 Å². The van der Waals surface area contributed by atoms with Gasteiger partial charge in [-0.05, 0) is 0 Å². The fourth-order valence-electron chi connectivity index (χ4n) is 1.21. The molecule has 3 N–H and O–H groups in total. The molecule has 0 saturated carbocycles. The fourth-order valence-corrected chi connectivity index (χ4v) is 1.21. The second kappa shape index (κ2) is 4.56. The summed E-state index contributed by atoms with van der Waals surface area (Å²) in [7, 11) is 0. The summed E-state index contributed by atoms with van der Waals surface area (Å²) < 4.78 is 4.85. The van der Waals surface area contributed by atoms with E-state index in [9.17, 15) is 0 Å². The maximum Gasteiger partial charge on any atom is 0.223 e. The number of nitrogens with zero attached hydrogens (tertiary/aromatic N) is 4. The van der Waals surface area contributed by atoms with E-state index >= 15 is 0 Å². The first kappa shape index (κ1) is 10.3. The van der Waals surface area contributed by atoms with Gasteiger partial charge in [-0.25, -0.2) is 9.97 Å². The minimum Gasteiger partial charge on any atom is -0.384 e. The molecule has 0 amide bonds. The van der Waals surface area contributed by atoms with Crippen LogP contribution in [-0.4, -0.2) is 26.7 Å². The molecule has 7 heteroatoms. The van der Waals surface area contributed by atoms with Gasteiger partial charge >= 0.3 is 0 Å². The van der Waals surface area contributed by atoms with Gasteiger partial charge in [0.25, 0.3) is 0 Å². The maximum atomic E-state index is 5.51. The Morgan fingerprint density at radius 1 is 1.44 bits per heavy atom. The van der Waals surface area contributed by atoms with E-state index in [0.29, 0.717) is 36.3 Å². The molecule has 16 heavy (non-hydrogen) atoms. The van der Waals surface area contributed by atoms with E-state index < -0.39 is 0 Å². The molecule has 0 spiro atoms. The van der Waals surface area contributed by atoms with E-state index in [1.165, 1.54) is 6.33 Å². The van der Waals surface area contributed by atoms with Gasteiger partial charge < -0.3 is 15.6 Å². The molecule has 2 aromatic rings. The number of aryl methyl sites for hydroxylation is 1. The lowest BCUT2D eigenvalue weighted by molar-refractivity contribution is 0.387. The molecule has 0 saturated heterocycles. The summed E-state index contributed by atoms with van der Waals surface area (Å²) in [4.78, 5) is 11.9. The van der Waals surface area contributed by atoms with Gasteiger partial charge in [-0.15, -0.1) is 0 Å². The zero-order chi connectivity index (χ0) is 11.4. The van der Waals surface area contributed by atoms with Crippen molar-refractivity contribution in [3.63, 3.8) is 0 Å². The Balaban J connectivity index is 1.84. The topological polar surface area (TPSA) is 103 Å². The van der Waals surface area contributed by atoms with Gasteiger partial charge in [-0.3, -0.25) is 0 Å². The zero-order valence-electron chi connectivity index (χ0n) is 8.84. The van der Waals surface area contributed by atoms with E-state index in [4.69, 9.17) is 10.3 Å². The lowest BCUT2D eigenvalue weighted by Gasteiger charge is -2.02. The van der Waals surface area contributed by atoms with E-state index in [1.54, 1.807) is 13.0 Å². The van der Waals surface area contributed by atoms with Crippen molar-refractivity contribution in [1.82, 2.24) is 20.1 Å². The molecule has 84 valence electrons. The molecule has 0 aromatic carbocycles. The van der Waals surface area contributed by atoms with Crippen LogP contribution in [0.2, 0.25) is 0 Å². The number of aromatic nitrogens is 4. The summed E-state index contributed by atoms with van der Waals surface area (Å²) in [6.07, 6.45) is 2.08. The van der Waals surface area contributed by atoms with Gasteiger partial charge in [0.1, 0.15) is 18.0 Å². The molecule has 0 radical (unpaired) electrons. The number of anilines is 2. The van der Waals surface area contributed by atoms with Crippen molar-refractivity contribution < 1.29 is 4.52 Å². The molecule has 0 fully saturated rings. The molecule has 0 aliphatic carbocycles. The normalized spacial score (nSPS) is 10.3. The van der Waals surface area contributed by atoms with Crippen LogP contribution in [0, 0.1) is 6.92 Å².